The second kappa shape index (κ2) is 15.9. The van der Waals surface area contributed by atoms with E-state index in [1.807, 2.05) is 0 Å². The Hall–Kier alpha value is -2.85. The molecule has 5 saturated heterocycles. The smallest absolute Gasteiger partial charge is 0.232 e. The first-order chi connectivity index (χ1) is 21.7. The maximum Gasteiger partial charge on any atom is 0.232 e. The SMILES string of the molecule is C1CCCN(c2nc(N3CCOCC3)nc(N3CCOCC3)n2)CC1.Clc1nc(N2CCOCC2)nc(N2CCOCC2)n1. The Balaban J connectivity index is 0.000000162. The standard InChI is InChI=1S/C17H28N6O2.C11H16ClN5O2/c1-2-4-6-21(5-3-1)15-18-16(22-7-11-24-12-8-22)20-17(19-15)23-9-13-25-14-10-23;12-9-13-10(16-1-5-18-6-2-16)15-11(14-9)17-3-7-19-8-4-17/h1-14H2;1-8H2. The van der Waals surface area contributed by atoms with Gasteiger partial charge in [0.05, 0.1) is 52.9 Å². The second-order valence-corrected chi connectivity index (χ2v) is 11.6. The molecule has 0 atom stereocenters. The van der Waals surface area contributed by atoms with Gasteiger partial charge in [0, 0.05) is 65.4 Å². The number of rotatable bonds is 5. The summed E-state index contributed by atoms with van der Waals surface area (Å²) in [7, 11) is 0. The highest BCUT2D eigenvalue weighted by Gasteiger charge is 2.24. The van der Waals surface area contributed by atoms with E-state index in [-0.39, 0.29) is 5.28 Å². The number of anilines is 5. The molecule has 0 saturated carbocycles. The average Bonchev–Trinajstić information content (AvgIpc) is 3.40. The maximum atomic E-state index is 6.01. The molecule has 0 bridgehead atoms. The van der Waals surface area contributed by atoms with Crippen LogP contribution in [0.5, 0.6) is 0 Å². The van der Waals surface area contributed by atoms with E-state index in [2.05, 4.69) is 39.5 Å². The van der Waals surface area contributed by atoms with E-state index >= 15 is 0 Å². The summed E-state index contributed by atoms with van der Waals surface area (Å²) in [5.74, 6) is 3.67. The number of ether oxygens (including phenoxy) is 4. The first-order valence-corrected chi connectivity index (χ1v) is 16.3. The van der Waals surface area contributed by atoms with Crippen molar-refractivity contribution >= 4 is 41.3 Å². The van der Waals surface area contributed by atoms with Gasteiger partial charge in [0.2, 0.25) is 35.0 Å². The zero-order chi connectivity index (χ0) is 30.0. The second-order valence-electron chi connectivity index (χ2n) is 11.2. The van der Waals surface area contributed by atoms with Gasteiger partial charge in [-0.1, -0.05) is 12.8 Å². The van der Waals surface area contributed by atoms with Crippen LogP contribution in [0.3, 0.4) is 0 Å². The summed E-state index contributed by atoms with van der Waals surface area (Å²) < 4.78 is 21.6. The Morgan fingerprint density at radius 2 is 0.591 bits per heavy atom. The van der Waals surface area contributed by atoms with Crippen molar-refractivity contribution in [1.29, 1.82) is 0 Å². The Morgan fingerprint density at radius 1 is 0.341 bits per heavy atom. The van der Waals surface area contributed by atoms with Crippen LogP contribution in [0.15, 0.2) is 0 Å². The molecule has 0 aromatic carbocycles. The van der Waals surface area contributed by atoms with E-state index in [1.54, 1.807) is 0 Å². The van der Waals surface area contributed by atoms with Gasteiger partial charge < -0.3 is 43.4 Å². The van der Waals surface area contributed by atoms with Crippen LogP contribution in [-0.2, 0) is 18.9 Å². The molecule has 0 spiro atoms. The molecule has 0 amide bonds. The van der Waals surface area contributed by atoms with Crippen LogP contribution in [0.25, 0.3) is 0 Å². The molecule has 2 aromatic heterocycles. The summed E-state index contributed by atoms with van der Waals surface area (Å²) in [5, 5.41) is 0.234. The molecule has 16 heteroatoms. The van der Waals surface area contributed by atoms with Crippen molar-refractivity contribution in [3.8, 4) is 0 Å². The third-order valence-corrected chi connectivity index (χ3v) is 8.42. The zero-order valence-electron chi connectivity index (χ0n) is 25.5. The van der Waals surface area contributed by atoms with E-state index in [9.17, 15) is 0 Å². The summed E-state index contributed by atoms with van der Waals surface area (Å²) in [6, 6.07) is 0. The summed E-state index contributed by atoms with van der Waals surface area (Å²) in [4.78, 5) is 38.3. The fraction of sp³-hybridized carbons (Fsp3) is 0.786. The molecule has 0 aliphatic carbocycles. The first kappa shape index (κ1) is 31.1. The van der Waals surface area contributed by atoms with Gasteiger partial charge >= 0.3 is 0 Å². The number of hydrogen-bond acceptors (Lipinski definition) is 15. The first-order valence-electron chi connectivity index (χ1n) is 16.0. The van der Waals surface area contributed by atoms with Crippen molar-refractivity contribution in [2.24, 2.45) is 0 Å². The van der Waals surface area contributed by atoms with Gasteiger partial charge in [0.25, 0.3) is 0 Å². The Bertz CT molecular complexity index is 1100. The van der Waals surface area contributed by atoms with Crippen molar-refractivity contribution in [2.75, 3.05) is 143 Å². The molecule has 2 aromatic rings. The lowest BCUT2D eigenvalue weighted by molar-refractivity contribution is 0.121. The van der Waals surface area contributed by atoms with Crippen LogP contribution in [0.4, 0.5) is 29.7 Å². The van der Waals surface area contributed by atoms with Gasteiger partial charge in [0.15, 0.2) is 0 Å². The van der Waals surface area contributed by atoms with Crippen molar-refractivity contribution in [3.05, 3.63) is 5.28 Å². The molecule has 0 unspecified atom stereocenters. The highest BCUT2D eigenvalue weighted by molar-refractivity contribution is 6.28. The zero-order valence-corrected chi connectivity index (χ0v) is 26.2. The van der Waals surface area contributed by atoms with Gasteiger partial charge in [-0.05, 0) is 24.4 Å². The number of nitrogens with zero attached hydrogens (tertiary/aromatic N) is 11. The van der Waals surface area contributed by atoms with E-state index in [0.29, 0.717) is 38.3 Å². The van der Waals surface area contributed by atoms with E-state index < -0.39 is 0 Å². The van der Waals surface area contributed by atoms with Crippen LogP contribution >= 0.6 is 11.6 Å². The molecule has 0 N–H and O–H groups in total. The number of hydrogen-bond donors (Lipinski definition) is 0. The molecule has 7 rings (SSSR count). The quantitative estimate of drug-likeness (QED) is 0.466. The topological polar surface area (TPSA) is 130 Å². The largest absolute Gasteiger partial charge is 0.378 e. The third kappa shape index (κ3) is 8.44. The molecular weight excluding hydrogens is 590 g/mol. The normalized spacial score (nSPS) is 21.9. The van der Waals surface area contributed by atoms with Crippen molar-refractivity contribution in [1.82, 2.24) is 29.9 Å². The third-order valence-electron chi connectivity index (χ3n) is 8.25. The number of morpholine rings is 4. The van der Waals surface area contributed by atoms with Gasteiger partial charge in [-0.2, -0.15) is 29.9 Å². The van der Waals surface area contributed by atoms with E-state index in [0.717, 1.165) is 110 Å². The summed E-state index contributed by atoms with van der Waals surface area (Å²) in [6.45, 7) is 14.3. The minimum absolute atomic E-state index is 0.234. The fourth-order valence-corrected chi connectivity index (χ4v) is 5.86. The molecular formula is C28H44ClN11O4. The Labute approximate surface area is 263 Å². The predicted octanol–water partition coefficient (Wildman–Crippen LogP) is 1.12. The molecule has 242 valence electrons. The van der Waals surface area contributed by atoms with Crippen molar-refractivity contribution < 1.29 is 18.9 Å². The summed E-state index contributed by atoms with van der Waals surface area (Å²) in [6.07, 6.45) is 5.03. The average molecular weight is 634 g/mol. The summed E-state index contributed by atoms with van der Waals surface area (Å²) >= 11 is 6.01. The lowest BCUT2D eigenvalue weighted by atomic mass is 10.2. The van der Waals surface area contributed by atoms with Crippen LogP contribution in [0, 0.1) is 0 Å². The Morgan fingerprint density at radius 3 is 0.886 bits per heavy atom. The summed E-state index contributed by atoms with van der Waals surface area (Å²) in [5.41, 5.74) is 0. The van der Waals surface area contributed by atoms with Crippen LogP contribution in [0.1, 0.15) is 25.7 Å². The molecule has 5 aliphatic heterocycles. The van der Waals surface area contributed by atoms with Gasteiger partial charge in [0.1, 0.15) is 0 Å². The van der Waals surface area contributed by atoms with Crippen molar-refractivity contribution in [3.63, 3.8) is 0 Å². The highest BCUT2D eigenvalue weighted by Crippen LogP contribution is 2.23. The van der Waals surface area contributed by atoms with Gasteiger partial charge in [-0.3, -0.25) is 0 Å². The lowest BCUT2D eigenvalue weighted by Crippen LogP contribution is -2.40. The molecule has 5 fully saturated rings. The van der Waals surface area contributed by atoms with Gasteiger partial charge in [-0.25, -0.2) is 0 Å². The number of aromatic nitrogens is 6. The maximum absolute atomic E-state index is 6.01. The van der Waals surface area contributed by atoms with Crippen molar-refractivity contribution in [2.45, 2.75) is 25.7 Å². The van der Waals surface area contributed by atoms with E-state index in [1.165, 1.54) is 25.7 Å². The fourth-order valence-electron chi connectivity index (χ4n) is 5.70. The lowest BCUT2D eigenvalue weighted by Gasteiger charge is -2.31. The van der Waals surface area contributed by atoms with E-state index in [4.69, 9.17) is 45.5 Å². The molecule has 44 heavy (non-hydrogen) atoms. The van der Waals surface area contributed by atoms with Crippen LogP contribution < -0.4 is 24.5 Å². The minimum atomic E-state index is 0.234. The number of halogens is 1. The highest BCUT2D eigenvalue weighted by atomic mass is 35.5. The molecule has 5 aliphatic rings. The molecule has 7 heterocycles. The minimum Gasteiger partial charge on any atom is -0.378 e. The van der Waals surface area contributed by atoms with Crippen LogP contribution in [0.2, 0.25) is 5.28 Å². The van der Waals surface area contributed by atoms with Gasteiger partial charge in [-0.15, -0.1) is 0 Å². The Kier molecular flexibility index (Phi) is 11.3. The molecule has 15 nitrogen and oxygen atoms in total. The monoisotopic (exact) mass is 633 g/mol. The van der Waals surface area contributed by atoms with Crippen LogP contribution in [-0.4, -0.2) is 148 Å². The predicted molar refractivity (Wildman–Crippen MR) is 167 cm³/mol. The molecule has 0 radical (unpaired) electrons.